The zero-order chi connectivity index (χ0) is 14.6. The molecule has 1 aliphatic heterocycles. The Bertz CT molecular complexity index is 448. The van der Waals surface area contributed by atoms with Gasteiger partial charge in [0.15, 0.2) is 0 Å². The molecule has 2 atom stereocenters. The van der Waals surface area contributed by atoms with Crippen LogP contribution in [0.4, 0.5) is 0 Å². The van der Waals surface area contributed by atoms with Crippen LogP contribution in [0.25, 0.3) is 0 Å². The fraction of sp³-hybridized carbons (Fsp3) is 0.562. The summed E-state index contributed by atoms with van der Waals surface area (Å²) in [5.74, 6) is -1.06. The van der Waals surface area contributed by atoms with Crippen LogP contribution in [0.15, 0.2) is 30.3 Å². The van der Waals surface area contributed by atoms with Crippen LogP contribution in [-0.2, 0) is 16.1 Å². The van der Waals surface area contributed by atoms with E-state index in [2.05, 4.69) is 24.0 Å². The molecule has 1 heterocycles. The molecule has 20 heavy (non-hydrogen) atoms. The second kappa shape index (κ2) is 6.37. The molecule has 1 aliphatic rings. The highest BCUT2D eigenvalue weighted by Crippen LogP contribution is 2.40. The van der Waals surface area contributed by atoms with E-state index in [0.717, 1.165) is 19.5 Å². The first kappa shape index (κ1) is 15.0. The average molecular weight is 277 g/mol. The van der Waals surface area contributed by atoms with Crippen molar-refractivity contribution in [1.82, 2.24) is 4.90 Å². The number of benzene rings is 1. The summed E-state index contributed by atoms with van der Waals surface area (Å²) >= 11 is 0. The van der Waals surface area contributed by atoms with Crippen molar-refractivity contribution < 1.29 is 14.6 Å². The summed E-state index contributed by atoms with van der Waals surface area (Å²) in [6, 6.07) is 10.2. The molecule has 4 heteroatoms. The van der Waals surface area contributed by atoms with Crippen molar-refractivity contribution >= 4 is 5.97 Å². The zero-order valence-corrected chi connectivity index (χ0v) is 12.2. The second-order valence-electron chi connectivity index (χ2n) is 5.69. The molecule has 0 aliphatic carbocycles. The van der Waals surface area contributed by atoms with Gasteiger partial charge in [0.2, 0.25) is 0 Å². The molecule has 1 aromatic carbocycles. The highest BCUT2D eigenvalue weighted by Gasteiger charge is 2.49. The molecule has 2 unspecified atom stereocenters. The van der Waals surface area contributed by atoms with E-state index < -0.39 is 5.97 Å². The SMILES string of the molecule is CCC1(COC)CN(Cc2ccccc2)CC1C(=O)O. The van der Waals surface area contributed by atoms with Gasteiger partial charge in [-0.3, -0.25) is 9.69 Å². The number of hydrogen-bond donors (Lipinski definition) is 1. The fourth-order valence-corrected chi connectivity index (χ4v) is 3.27. The van der Waals surface area contributed by atoms with Gasteiger partial charge in [-0.15, -0.1) is 0 Å². The Morgan fingerprint density at radius 2 is 2.15 bits per heavy atom. The van der Waals surface area contributed by atoms with Crippen molar-refractivity contribution in [3.63, 3.8) is 0 Å². The molecule has 0 radical (unpaired) electrons. The predicted octanol–water partition coefficient (Wildman–Crippen LogP) is 2.25. The van der Waals surface area contributed by atoms with Gasteiger partial charge in [0.05, 0.1) is 12.5 Å². The Kier molecular flexibility index (Phi) is 4.78. The number of nitrogens with zero attached hydrogens (tertiary/aromatic N) is 1. The molecule has 1 aromatic rings. The van der Waals surface area contributed by atoms with E-state index in [9.17, 15) is 9.90 Å². The maximum absolute atomic E-state index is 11.6. The van der Waals surface area contributed by atoms with Gasteiger partial charge in [0, 0.05) is 32.2 Å². The predicted molar refractivity (Wildman–Crippen MR) is 77.4 cm³/mol. The summed E-state index contributed by atoms with van der Waals surface area (Å²) in [4.78, 5) is 13.8. The van der Waals surface area contributed by atoms with Crippen LogP contribution in [-0.4, -0.2) is 42.8 Å². The van der Waals surface area contributed by atoms with Gasteiger partial charge in [-0.25, -0.2) is 0 Å². The van der Waals surface area contributed by atoms with Crippen LogP contribution in [0, 0.1) is 11.3 Å². The third-order valence-corrected chi connectivity index (χ3v) is 4.40. The van der Waals surface area contributed by atoms with E-state index in [0.29, 0.717) is 13.2 Å². The lowest BCUT2D eigenvalue weighted by Gasteiger charge is -2.30. The summed E-state index contributed by atoms with van der Waals surface area (Å²) < 4.78 is 5.31. The topological polar surface area (TPSA) is 49.8 Å². The third-order valence-electron chi connectivity index (χ3n) is 4.40. The van der Waals surface area contributed by atoms with Crippen molar-refractivity contribution in [2.45, 2.75) is 19.9 Å². The normalized spacial score (nSPS) is 26.8. The number of likely N-dealkylation sites (tertiary alicyclic amines) is 1. The average Bonchev–Trinajstić information content (AvgIpc) is 2.80. The van der Waals surface area contributed by atoms with E-state index in [-0.39, 0.29) is 11.3 Å². The molecule has 0 bridgehead atoms. The number of aliphatic carboxylic acids is 1. The largest absolute Gasteiger partial charge is 0.481 e. The van der Waals surface area contributed by atoms with Gasteiger partial charge in [-0.05, 0) is 12.0 Å². The highest BCUT2D eigenvalue weighted by atomic mass is 16.5. The van der Waals surface area contributed by atoms with Gasteiger partial charge < -0.3 is 9.84 Å². The number of methoxy groups -OCH3 is 1. The molecule has 1 N–H and O–H groups in total. The molecule has 0 saturated carbocycles. The van der Waals surface area contributed by atoms with Gasteiger partial charge >= 0.3 is 5.97 Å². The quantitative estimate of drug-likeness (QED) is 0.866. The lowest BCUT2D eigenvalue weighted by Crippen LogP contribution is -2.38. The van der Waals surface area contributed by atoms with E-state index in [4.69, 9.17) is 4.74 Å². The summed E-state index contributed by atoms with van der Waals surface area (Å²) in [5, 5.41) is 9.51. The van der Waals surface area contributed by atoms with Crippen molar-refractivity contribution in [3.8, 4) is 0 Å². The van der Waals surface area contributed by atoms with Gasteiger partial charge in [-0.1, -0.05) is 37.3 Å². The maximum atomic E-state index is 11.6. The first-order chi connectivity index (χ1) is 9.61. The van der Waals surface area contributed by atoms with Gasteiger partial charge in [0.25, 0.3) is 0 Å². The van der Waals surface area contributed by atoms with Crippen LogP contribution in [0.5, 0.6) is 0 Å². The molecule has 0 aromatic heterocycles. The van der Waals surface area contributed by atoms with Gasteiger partial charge in [-0.2, -0.15) is 0 Å². The number of hydrogen-bond acceptors (Lipinski definition) is 3. The standard InChI is InChI=1S/C16H23NO3/c1-3-16(12-20-2)11-17(10-14(16)15(18)19)9-13-7-5-4-6-8-13/h4-8,14H,3,9-12H2,1-2H3,(H,18,19). The summed E-state index contributed by atoms with van der Waals surface area (Å²) in [6.45, 7) is 4.74. The van der Waals surface area contributed by atoms with E-state index >= 15 is 0 Å². The van der Waals surface area contributed by atoms with Crippen LogP contribution in [0.2, 0.25) is 0 Å². The molecule has 1 fully saturated rings. The van der Waals surface area contributed by atoms with E-state index in [1.165, 1.54) is 5.56 Å². The first-order valence-corrected chi connectivity index (χ1v) is 7.09. The Morgan fingerprint density at radius 3 is 2.70 bits per heavy atom. The van der Waals surface area contributed by atoms with E-state index in [1.54, 1.807) is 7.11 Å². The molecule has 2 rings (SSSR count). The summed E-state index contributed by atoms with van der Waals surface area (Å²) in [6.07, 6.45) is 0.823. The van der Waals surface area contributed by atoms with Crippen LogP contribution < -0.4 is 0 Å². The Morgan fingerprint density at radius 1 is 1.45 bits per heavy atom. The molecule has 0 amide bonds. The first-order valence-electron chi connectivity index (χ1n) is 7.09. The Hall–Kier alpha value is -1.39. The lowest BCUT2D eigenvalue weighted by atomic mass is 9.76. The number of ether oxygens (including phenoxy) is 1. The Labute approximate surface area is 120 Å². The van der Waals surface area contributed by atoms with Crippen molar-refractivity contribution in [2.75, 3.05) is 26.8 Å². The molecule has 110 valence electrons. The van der Waals surface area contributed by atoms with Crippen LogP contribution in [0.1, 0.15) is 18.9 Å². The second-order valence-corrected chi connectivity index (χ2v) is 5.69. The fourth-order valence-electron chi connectivity index (χ4n) is 3.27. The lowest BCUT2D eigenvalue weighted by molar-refractivity contribution is -0.146. The molecular formula is C16H23NO3. The third kappa shape index (κ3) is 3.02. The number of carbonyl (C=O) groups is 1. The van der Waals surface area contributed by atoms with Crippen molar-refractivity contribution in [2.24, 2.45) is 11.3 Å². The molecule has 4 nitrogen and oxygen atoms in total. The maximum Gasteiger partial charge on any atom is 0.308 e. The van der Waals surface area contributed by atoms with Crippen LogP contribution in [0.3, 0.4) is 0 Å². The highest BCUT2D eigenvalue weighted by molar-refractivity contribution is 5.72. The molecule has 1 saturated heterocycles. The zero-order valence-electron chi connectivity index (χ0n) is 12.2. The van der Waals surface area contributed by atoms with E-state index in [1.807, 2.05) is 18.2 Å². The minimum absolute atomic E-state index is 0.268. The number of carboxylic acids is 1. The number of carboxylic acid groups (broad SMARTS) is 1. The monoisotopic (exact) mass is 277 g/mol. The minimum Gasteiger partial charge on any atom is -0.481 e. The minimum atomic E-state index is -0.709. The number of rotatable bonds is 6. The van der Waals surface area contributed by atoms with Crippen molar-refractivity contribution in [1.29, 1.82) is 0 Å². The van der Waals surface area contributed by atoms with Crippen LogP contribution >= 0.6 is 0 Å². The summed E-state index contributed by atoms with van der Waals surface area (Å²) in [5.41, 5.74) is 0.955. The molecule has 0 spiro atoms. The summed E-state index contributed by atoms with van der Waals surface area (Å²) in [7, 11) is 1.65. The van der Waals surface area contributed by atoms with Crippen molar-refractivity contribution in [3.05, 3.63) is 35.9 Å². The smallest absolute Gasteiger partial charge is 0.308 e. The Balaban J connectivity index is 2.13. The molecular weight excluding hydrogens is 254 g/mol. The van der Waals surface area contributed by atoms with Gasteiger partial charge in [0.1, 0.15) is 0 Å².